The Morgan fingerprint density at radius 1 is 1.25 bits per heavy atom. The maximum Gasteiger partial charge on any atom is 0.213 e. The summed E-state index contributed by atoms with van der Waals surface area (Å²) in [6, 6.07) is 0. The number of likely N-dealkylation sites (tertiary alicyclic amines) is 1. The summed E-state index contributed by atoms with van der Waals surface area (Å²) in [5, 5.41) is 3.23. The number of nitrogens with one attached hydrogen (secondary N) is 2. The first-order valence-electron chi connectivity index (χ1n) is 10.5. The second kappa shape index (κ2) is 13.2. The van der Waals surface area contributed by atoms with Gasteiger partial charge in [-0.05, 0) is 37.5 Å². The van der Waals surface area contributed by atoms with Gasteiger partial charge in [0.15, 0.2) is 5.96 Å². The van der Waals surface area contributed by atoms with Crippen molar-refractivity contribution in [3.8, 4) is 0 Å². The minimum Gasteiger partial charge on any atom is -0.377 e. The predicted octanol–water partition coefficient (Wildman–Crippen LogP) is 2.43. The topological polar surface area (TPSA) is 83.0 Å². The molecule has 0 bridgehead atoms. The number of ether oxygens (including phenoxy) is 1. The lowest BCUT2D eigenvalue weighted by atomic mass is 9.87. The van der Waals surface area contributed by atoms with Gasteiger partial charge in [-0.25, -0.2) is 13.1 Å². The van der Waals surface area contributed by atoms with E-state index in [0.717, 1.165) is 50.8 Å². The smallest absolute Gasteiger partial charge is 0.213 e. The van der Waals surface area contributed by atoms with E-state index in [2.05, 4.69) is 33.8 Å². The molecular weight excluding hydrogens is 491 g/mol. The highest BCUT2D eigenvalue weighted by Crippen LogP contribution is 2.28. The van der Waals surface area contributed by atoms with Crippen LogP contribution in [-0.2, 0) is 14.8 Å². The lowest BCUT2D eigenvalue weighted by Crippen LogP contribution is -2.44. The molecule has 7 nitrogen and oxygen atoms in total. The van der Waals surface area contributed by atoms with Crippen molar-refractivity contribution >= 4 is 40.0 Å². The van der Waals surface area contributed by atoms with E-state index in [4.69, 9.17) is 4.74 Å². The molecule has 28 heavy (non-hydrogen) atoms. The standard InChI is InChI=1S/C19H38N4O3S.HI/c1-4-16(5-2)17-9-11-23(15-17)19(20-3)21-10-13-27(24,25)22-14-18-8-6-7-12-26-18;/h16-18,22H,4-15H2,1-3H3,(H,20,21);1H. The average Bonchev–Trinajstić information content (AvgIpc) is 3.15. The first-order valence-corrected chi connectivity index (χ1v) is 12.2. The van der Waals surface area contributed by atoms with Crippen LogP contribution in [0.2, 0.25) is 0 Å². The fourth-order valence-corrected chi connectivity index (χ4v) is 5.16. The number of nitrogens with zero attached hydrogens (tertiary/aromatic N) is 2. The SMILES string of the molecule is CCC(CC)C1CCN(C(=NC)NCCS(=O)(=O)NCC2CCCCO2)C1.I. The van der Waals surface area contributed by atoms with Crippen molar-refractivity contribution in [2.45, 2.75) is 58.5 Å². The highest BCUT2D eigenvalue weighted by Gasteiger charge is 2.29. The highest BCUT2D eigenvalue weighted by molar-refractivity contribution is 14.0. The number of guanidine groups is 1. The predicted molar refractivity (Wildman–Crippen MR) is 126 cm³/mol. The highest BCUT2D eigenvalue weighted by atomic mass is 127. The summed E-state index contributed by atoms with van der Waals surface area (Å²) in [6.07, 6.45) is 6.75. The fraction of sp³-hybridized carbons (Fsp3) is 0.947. The zero-order chi connectivity index (χ0) is 19.7. The van der Waals surface area contributed by atoms with E-state index in [-0.39, 0.29) is 35.8 Å². The molecule has 2 saturated heterocycles. The molecule has 2 aliphatic rings. The maximum atomic E-state index is 12.2. The van der Waals surface area contributed by atoms with Gasteiger partial charge < -0.3 is 15.0 Å². The first kappa shape index (κ1) is 25.9. The van der Waals surface area contributed by atoms with Crippen molar-refractivity contribution in [1.29, 1.82) is 0 Å². The van der Waals surface area contributed by atoms with Gasteiger partial charge in [-0.2, -0.15) is 0 Å². The fourth-order valence-electron chi connectivity index (χ4n) is 4.21. The number of aliphatic imine (C=N–C) groups is 1. The lowest BCUT2D eigenvalue weighted by molar-refractivity contribution is 0.0200. The second-order valence-electron chi connectivity index (χ2n) is 7.70. The molecule has 2 fully saturated rings. The third-order valence-corrected chi connectivity index (χ3v) is 7.26. The summed E-state index contributed by atoms with van der Waals surface area (Å²) >= 11 is 0. The third kappa shape index (κ3) is 8.31. The average molecular weight is 531 g/mol. The van der Waals surface area contributed by atoms with Crippen LogP contribution in [0.15, 0.2) is 4.99 Å². The van der Waals surface area contributed by atoms with Gasteiger partial charge in [0.05, 0.1) is 11.9 Å². The van der Waals surface area contributed by atoms with Crippen LogP contribution in [0, 0.1) is 11.8 Å². The molecule has 2 rings (SSSR count). The van der Waals surface area contributed by atoms with Crippen LogP contribution in [0.3, 0.4) is 0 Å². The number of hydrogen-bond acceptors (Lipinski definition) is 4. The minimum absolute atomic E-state index is 0. The number of halogens is 1. The molecule has 2 unspecified atom stereocenters. The summed E-state index contributed by atoms with van der Waals surface area (Å²) in [4.78, 5) is 6.61. The molecule has 0 aromatic heterocycles. The molecule has 0 spiro atoms. The Hall–Kier alpha value is -0.130. The molecule has 0 saturated carbocycles. The van der Waals surface area contributed by atoms with Crippen LogP contribution < -0.4 is 10.0 Å². The van der Waals surface area contributed by atoms with Crippen molar-refractivity contribution in [3.63, 3.8) is 0 Å². The first-order chi connectivity index (χ1) is 13.0. The maximum absolute atomic E-state index is 12.2. The molecule has 2 N–H and O–H groups in total. The van der Waals surface area contributed by atoms with Gasteiger partial charge >= 0.3 is 0 Å². The number of sulfonamides is 1. The van der Waals surface area contributed by atoms with Gasteiger partial charge in [-0.3, -0.25) is 4.99 Å². The quantitative estimate of drug-likeness (QED) is 0.272. The molecule has 2 atom stereocenters. The van der Waals surface area contributed by atoms with Gasteiger partial charge in [0.1, 0.15) is 0 Å². The normalized spacial score (nSPS) is 23.7. The summed E-state index contributed by atoms with van der Waals surface area (Å²) in [5.74, 6) is 2.33. The van der Waals surface area contributed by atoms with E-state index in [1.54, 1.807) is 7.05 Å². The van der Waals surface area contributed by atoms with Gasteiger partial charge in [0, 0.05) is 39.8 Å². The van der Waals surface area contributed by atoms with Crippen molar-refractivity contribution in [1.82, 2.24) is 14.9 Å². The summed E-state index contributed by atoms with van der Waals surface area (Å²) in [7, 11) is -1.54. The van der Waals surface area contributed by atoms with Crippen molar-refractivity contribution < 1.29 is 13.2 Å². The van der Waals surface area contributed by atoms with Crippen molar-refractivity contribution in [2.24, 2.45) is 16.8 Å². The third-order valence-electron chi connectivity index (χ3n) is 5.91. The van der Waals surface area contributed by atoms with Gasteiger partial charge in [-0.15, -0.1) is 24.0 Å². The zero-order valence-electron chi connectivity index (χ0n) is 17.7. The molecule has 0 radical (unpaired) electrons. The van der Waals surface area contributed by atoms with Crippen LogP contribution in [0.25, 0.3) is 0 Å². The molecule has 0 aromatic carbocycles. The van der Waals surface area contributed by atoms with Crippen LogP contribution >= 0.6 is 24.0 Å². The van der Waals surface area contributed by atoms with E-state index in [1.807, 2.05) is 0 Å². The van der Waals surface area contributed by atoms with Crippen molar-refractivity contribution in [2.75, 3.05) is 45.6 Å². The number of rotatable bonds is 9. The Balaban J connectivity index is 0.00000392. The van der Waals surface area contributed by atoms with Crippen LogP contribution in [0.4, 0.5) is 0 Å². The lowest BCUT2D eigenvalue weighted by Gasteiger charge is -2.24. The van der Waals surface area contributed by atoms with Gasteiger partial charge in [0.2, 0.25) is 10.0 Å². The largest absolute Gasteiger partial charge is 0.377 e. The van der Waals surface area contributed by atoms with Crippen molar-refractivity contribution in [3.05, 3.63) is 0 Å². The zero-order valence-corrected chi connectivity index (χ0v) is 20.8. The second-order valence-corrected chi connectivity index (χ2v) is 9.63. The molecule has 2 heterocycles. The van der Waals surface area contributed by atoms with E-state index in [1.165, 1.54) is 19.3 Å². The van der Waals surface area contributed by atoms with Crippen LogP contribution in [0.1, 0.15) is 52.4 Å². The Labute approximate surface area is 188 Å². The molecule has 9 heteroatoms. The Morgan fingerprint density at radius 2 is 2.00 bits per heavy atom. The molecule has 0 aliphatic carbocycles. The molecule has 0 amide bonds. The van der Waals surface area contributed by atoms with E-state index < -0.39 is 10.0 Å². The van der Waals surface area contributed by atoms with Gasteiger partial charge in [0.25, 0.3) is 0 Å². The Bertz CT molecular complexity index is 564. The molecule has 166 valence electrons. The molecular formula is C19H39IN4O3S. The van der Waals surface area contributed by atoms with E-state index in [9.17, 15) is 8.42 Å². The Morgan fingerprint density at radius 3 is 2.61 bits per heavy atom. The van der Waals surface area contributed by atoms with Crippen LogP contribution in [-0.4, -0.2) is 71.0 Å². The van der Waals surface area contributed by atoms with Gasteiger partial charge in [-0.1, -0.05) is 26.7 Å². The molecule has 2 aliphatic heterocycles. The minimum atomic E-state index is -3.31. The van der Waals surface area contributed by atoms with E-state index in [0.29, 0.717) is 19.0 Å². The summed E-state index contributed by atoms with van der Waals surface area (Å²) in [5.41, 5.74) is 0. The summed E-state index contributed by atoms with van der Waals surface area (Å²) in [6.45, 7) is 8.00. The number of hydrogen-bond donors (Lipinski definition) is 2. The Kier molecular flexibility index (Phi) is 12.2. The van der Waals surface area contributed by atoms with E-state index >= 15 is 0 Å². The summed E-state index contributed by atoms with van der Waals surface area (Å²) < 4.78 is 32.7. The van der Waals surface area contributed by atoms with Crippen LogP contribution in [0.5, 0.6) is 0 Å². The monoisotopic (exact) mass is 530 g/mol. The molecule has 0 aromatic rings.